The van der Waals surface area contributed by atoms with Gasteiger partial charge in [0.1, 0.15) is 0 Å². The van der Waals surface area contributed by atoms with E-state index >= 15 is 0 Å². The molecule has 0 radical (unpaired) electrons. The van der Waals surface area contributed by atoms with E-state index in [0.717, 1.165) is 50.4 Å². The van der Waals surface area contributed by atoms with Crippen molar-refractivity contribution in [3.05, 3.63) is 0 Å². The summed E-state index contributed by atoms with van der Waals surface area (Å²) in [7, 11) is 2.16. The Morgan fingerprint density at radius 3 is 2.72 bits per heavy atom. The predicted octanol–water partition coefficient (Wildman–Crippen LogP) is 3.48. The maximum absolute atomic E-state index is 12.1. The van der Waals surface area contributed by atoms with Gasteiger partial charge in [0.25, 0.3) is 0 Å². The summed E-state index contributed by atoms with van der Waals surface area (Å²) in [4.78, 5) is 14.4. The molecule has 3 rings (SSSR count). The number of piperidine rings is 1. The monoisotopic (exact) mass is 349 g/mol. The first-order valence-electron chi connectivity index (χ1n) is 10.3. The zero-order chi connectivity index (χ0) is 17.7. The lowest BCUT2D eigenvalue weighted by atomic mass is 9.86. The minimum atomic E-state index is -0.0452. The number of likely N-dealkylation sites (tertiary alicyclic amines) is 1. The van der Waals surface area contributed by atoms with E-state index in [0.29, 0.717) is 6.42 Å². The van der Waals surface area contributed by atoms with Crippen molar-refractivity contribution in [2.75, 3.05) is 20.1 Å². The summed E-state index contributed by atoms with van der Waals surface area (Å²) in [6, 6.07) is 0. The van der Waals surface area contributed by atoms with Crippen LogP contribution in [-0.2, 0) is 9.53 Å². The van der Waals surface area contributed by atoms with Gasteiger partial charge in [-0.15, -0.1) is 0 Å². The van der Waals surface area contributed by atoms with Crippen molar-refractivity contribution in [2.45, 2.75) is 89.3 Å². The van der Waals surface area contributed by atoms with Crippen LogP contribution in [0.25, 0.3) is 0 Å². The number of rotatable bonds is 5. The average molecular weight is 350 g/mol. The Morgan fingerprint density at radius 2 is 2.00 bits per heavy atom. The van der Waals surface area contributed by atoms with Crippen LogP contribution in [-0.4, -0.2) is 48.4 Å². The standard InChI is InChI=1S/C20H35N3O2/c1-16-18(15-20(25-16)11-13-23(2)14-12-20)21-22-19(24)10-6-9-17-7-4-3-5-8-17/h16-17H,3-15H2,1-2H3,(H,22,24)/b21-18+. The number of carbonyl (C=O) groups excluding carboxylic acids is 1. The molecule has 5 heteroatoms. The number of hydrazone groups is 1. The molecule has 3 aliphatic rings. The number of nitrogens with zero attached hydrogens (tertiary/aromatic N) is 2. The molecule has 2 saturated heterocycles. The van der Waals surface area contributed by atoms with Crippen molar-refractivity contribution in [3.8, 4) is 0 Å². The molecule has 0 aromatic carbocycles. The first kappa shape index (κ1) is 18.8. The first-order chi connectivity index (χ1) is 12.1. The molecule has 1 spiro atoms. The van der Waals surface area contributed by atoms with Gasteiger partial charge in [-0.05, 0) is 45.6 Å². The van der Waals surface area contributed by atoms with Crippen molar-refractivity contribution >= 4 is 11.6 Å². The van der Waals surface area contributed by atoms with Crippen LogP contribution < -0.4 is 5.43 Å². The molecule has 1 unspecified atom stereocenters. The minimum Gasteiger partial charge on any atom is -0.366 e. The van der Waals surface area contributed by atoms with Gasteiger partial charge in [0.2, 0.25) is 5.91 Å². The molecule has 2 aliphatic heterocycles. The van der Waals surface area contributed by atoms with Gasteiger partial charge in [-0.3, -0.25) is 4.79 Å². The van der Waals surface area contributed by atoms with Gasteiger partial charge in [0.05, 0.1) is 17.4 Å². The van der Waals surface area contributed by atoms with E-state index in [2.05, 4.69) is 29.4 Å². The van der Waals surface area contributed by atoms with Crippen LogP contribution in [0.4, 0.5) is 0 Å². The fraction of sp³-hybridized carbons (Fsp3) is 0.900. The van der Waals surface area contributed by atoms with Crippen LogP contribution in [0.2, 0.25) is 0 Å². The highest BCUT2D eigenvalue weighted by molar-refractivity contribution is 5.92. The third kappa shape index (κ3) is 5.27. The number of ether oxygens (including phenoxy) is 1. The zero-order valence-corrected chi connectivity index (χ0v) is 16.1. The third-order valence-electron chi connectivity index (χ3n) is 6.36. The maximum Gasteiger partial charge on any atom is 0.240 e. The van der Waals surface area contributed by atoms with Gasteiger partial charge in [-0.1, -0.05) is 32.1 Å². The molecule has 1 atom stereocenters. The van der Waals surface area contributed by atoms with Crippen molar-refractivity contribution in [2.24, 2.45) is 11.0 Å². The lowest BCUT2D eigenvalue weighted by Gasteiger charge is -2.36. The fourth-order valence-corrected chi connectivity index (χ4v) is 4.63. The van der Waals surface area contributed by atoms with Gasteiger partial charge < -0.3 is 9.64 Å². The fourth-order valence-electron chi connectivity index (χ4n) is 4.63. The van der Waals surface area contributed by atoms with Gasteiger partial charge in [0, 0.05) is 25.9 Å². The molecular formula is C20H35N3O2. The molecule has 1 amide bonds. The van der Waals surface area contributed by atoms with E-state index in [-0.39, 0.29) is 17.6 Å². The number of hydrogen-bond acceptors (Lipinski definition) is 4. The van der Waals surface area contributed by atoms with Gasteiger partial charge in [0.15, 0.2) is 0 Å². The van der Waals surface area contributed by atoms with Crippen molar-refractivity contribution in [1.82, 2.24) is 10.3 Å². The lowest BCUT2D eigenvalue weighted by molar-refractivity contribution is -0.121. The summed E-state index contributed by atoms with van der Waals surface area (Å²) in [5.41, 5.74) is 3.74. The molecule has 5 nitrogen and oxygen atoms in total. The Balaban J connectivity index is 1.39. The van der Waals surface area contributed by atoms with Crippen LogP contribution >= 0.6 is 0 Å². The van der Waals surface area contributed by atoms with Crippen LogP contribution in [0.1, 0.15) is 77.6 Å². The first-order valence-corrected chi connectivity index (χ1v) is 10.3. The summed E-state index contributed by atoms with van der Waals surface area (Å²) in [5.74, 6) is 0.903. The van der Waals surface area contributed by atoms with E-state index in [1.54, 1.807) is 0 Å². The molecule has 0 aromatic rings. The van der Waals surface area contributed by atoms with E-state index in [1.807, 2.05) is 0 Å². The quantitative estimate of drug-likeness (QED) is 0.773. The van der Waals surface area contributed by atoms with E-state index in [1.165, 1.54) is 38.5 Å². The number of carbonyl (C=O) groups is 1. The second kappa shape index (κ2) is 8.63. The smallest absolute Gasteiger partial charge is 0.240 e. The average Bonchev–Trinajstić information content (AvgIpc) is 2.92. The van der Waals surface area contributed by atoms with E-state index < -0.39 is 0 Å². The van der Waals surface area contributed by atoms with Crippen molar-refractivity contribution in [1.29, 1.82) is 0 Å². The van der Waals surface area contributed by atoms with E-state index in [9.17, 15) is 4.79 Å². The molecule has 0 aromatic heterocycles. The molecule has 142 valence electrons. The highest BCUT2D eigenvalue weighted by Gasteiger charge is 2.44. The number of hydrogen-bond donors (Lipinski definition) is 1. The molecule has 3 fully saturated rings. The van der Waals surface area contributed by atoms with Crippen molar-refractivity contribution in [3.63, 3.8) is 0 Å². The third-order valence-corrected chi connectivity index (χ3v) is 6.36. The summed E-state index contributed by atoms with van der Waals surface area (Å²) in [5, 5.41) is 4.42. The molecule has 2 heterocycles. The van der Waals surface area contributed by atoms with Crippen LogP contribution in [0.15, 0.2) is 5.10 Å². The highest BCUT2D eigenvalue weighted by Crippen LogP contribution is 2.37. The number of amides is 1. The lowest BCUT2D eigenvalue weighted by Crippen LogP contribution is -2.42. The summed E-state index contributed by atoms with van der Waals surface area (Å²) in [6.07, 6.45) is 12.6. The normalized spacial score (nSPS) is 29.4. The second-order valence-corrected chi connectivity index (χ2v) is 8.46. The van der Waals surface area contributed by atoms with Crippen LogP contribution in [0.3, 0.4) is 0 Å². The van der Waals surface area contributed by atoms with E-state index in [4.69, 9.17) is 4.74 Å². The maximum atomic E-state index is 12.1. The summed E-state index contributed by atoms with van der Waals surface area (Å²) in [6.45, 7) is 4.21. The van der Waals surface area contributed by atoms with Gasteiger partial charge in [-0.2, -0.15) is 5.10 Å². The zero-order valence-electron chi connectivity index (χ0n) is 16.1. The summed E-state index contributed by atoms with van der Waals surface area (Å²) < 4.78 is 6.23. The van der Waals surface area contributed by atoms with Crippen LogP contribution in [0, 0.1) is 5.92 Å². The number of nitrogens with one attached hydrogen (secondary N) is 1. The Kier molecular flexibility index (Phi) is 6.50. The Bertz CT molecular complexity index is 477. The predicted molar refractivity (Wildman–Crippen MR) is 101 cm³/mol. The van der Waals surface area contributed by atoms with Gasteiger partial charge >= 0.3 is 0 Å². The molecule has 1 saturated carbocycles. The summed E-state index contributed by atoms with van der Waals surface area (Å²) >= 11 is 0. The van der Waals surface area contributed by atoms with Gasteiger partial charge in [-0.25, -0.2) is 5.43 Å². The molecule has 0 bridgehead atoms. The largest absolute Gasteiger partial charge is 0.366 e. The molecule has 1 aliphatic carbocycles. The van der Waals surface area contributed by atoms with Crippen molar-refractivity contribution < 1.29 is 9.53 Å². The molecule has 1 N–H and O–H groups in total. The highest BCUT2D eigenvalue weighted by atomic mass is 16.5. The molecule has 25 heavy (non-hydrogen) atoms. The Labute approximate surface area is 152 Å². The molecular weight excluding hydrogens is 314 g/mol. The van der Waals surface area contributed by atoms with Crippen LogP contribution in [0.5, 0.6) is 0 Å². The SMILES string of the molecule is CC1OC2(CCN(C)CC2)C/C1=N\NC(=O)CCCC1CCCCC1. The minimum absolute atomic E-state index is 0.0194. The Morgan fingerprint density at radius 1 is 1.28 bits per heavy atom. The second-order valence-electron chi connectivity index (χ2n) is 8.46. The Hall–Kier alpha value is -0.940. The topological polar surface area (TPSA) is 53.9 Å².